The van der Waals surface area contributed by atoms with Gasteiger partial charge in [0.15, 0.2) is 0 Å². The molecule has 0 bridgehead atoms. The van der Waals surface area contributed by atoms with Gasteiger partial charge in [0.05, 0.1) is 18.6 Å². The van der Waals surface area contributed by atoms with Crippen LogP contribution in [0.4, 0.5) is 0 Å². The zero-order valence-corrected chi connectivity index (χ0v) is 9.61. The van der Waals surface area contributed by atoms with Gasteiger partial charge < -0.3 is 14.7 Å². The summed E-state index contributed by atoms with van der Waals surface area (Å²) in [6.07, 6.45) is 2.04. The number of hydrogen-bond donors (Lipinski definition) is 1. The van der Waals surface area contributed by atoms with E-state index < -0.39 is 6.10 Å². The number of likely N-dealkylation sites (tertiary alicyclic amines) is 1. The fraction of sp³-hybridized carbons (Fsp3) is 0.909. The molecule has 0 aliphatic carbocycles. The first-order valence-electron chi connectivity index (χ1n) is 5.67. The molecule has 15 heavy (non-hydrogen) atoms. The first kappa shape index (κ1) is 12.5. The number of aliphatic hydroxyl groups is 1. The number of β-amino-alcohol motifs (C(OH)–C–C–N with tert-alkyl or cyclic N) is 1. The van der Waals surface area contributed by atoms with Crippen LogP contribution < -0.4 is 0 Å². The predicted octanol–water partition coefficient (Wildman–Crippen LogP) is 0.785. The van der Waals surface area contributed by atoms with Crippen LogP contribution in [0.3, 0.4) is 0 Å². The minimum atomic E-state index is -0.454. The minimum Gasteiger partial charge on any atom is -0.391 e. The highest BCUT2D eigenvalue weighted by atomic mass is 16.5. The van der Waals surface area contributed by atoms with Gasteiger partial charge in [-0.1, -0.05) is 0 Å². The number of carbonyl (C=O) groups excluding carboxylic acids is 1. The van der Waals surface area contributed by atoms with Crippen molar-refractivity contribution in [1.82, 2.24) is 4.90 Å². The van der Waals surface area contributed by atoms with Gasteiger partial charge in [-0.05, 0) is 26.7 Å². The summed E-state index contributed by atoms with van der Waals surface area (Å²) in [5.41, 5.74) is 0. The van der Waals surface area contributed by atoms with Crippen LogP contribution in [0, 0.1) is 0 Å². The molecule has 1 rings (SSSR count). The van der Waals surface area contributed by atoms with Gasteiger partial charge in [0.2, 0.25) is 5.91 Å². The summed E-state index contributed by atoms with van der Waals surface area (Å²) in [4.78, 5) is 13.0. The van der Waals surface area contributed by atoms with E-state index in [1.165, 1.54) is 0 Å². The third-order valence-electron chi connectivity index (χ3n) is 2.47. The molecular formula is C11H21NO3. The van der Waals surface area contributed by atoms with Crippen molar-refractivity contribution in [2.75, 3.05) is 19.7 Å². The smallest absolute Gasteiger partial charge is 0.225 e. The van der Waals surface area contributed by atoms with Gasteiger partial charge in [-0.25, -0.2) is 0 Å². The molecule has 1 aliphatic heterocycles. The number of aliphatic hydroxyl groups excluding tert-OH is 1. The van der Waals surface area contributed by atoms with E-state index in [1.807, 2.05) is 13.8 Å². The molecule has 1 aliphatic rings. The number of rotatable bonds is 6. The molecule has 1 saturated heterocycles. The molecule has 1 amide bonds. The first-order valence-corrected chi connectivity index (χ1v) is 5.67. The van der Waals surface area contributed by atoms with Gasteiger partial charge in [-0.15, -0.1) is 0 Å². The third kappa shape index (κ3) is 4.62. The fourth-order valence-corrected chi connectivity index (χ4v) is 1.69. The average molecular weight is 215 g/mol. The quantitative estimate of drug-likeness (QED) is 0.666. The summed E-state index contributed by atoms with van der Waals surface area (Å²) in [5.74, 6) is 0.0762. The molecule has 0 radical (unpaired) electrons. The van der Waals surface area contributed by atoms with Gasteiger partial charge in [-0.2, -0.15) is 0 Å². The Balaban J connectivity index is 2.03. The summed E-state index contributed by atoms with van der Waals surface area (Å²) in [7, 11) is 0. The van der Waals surface area contributed by atoms with Gasteiger partial charge in [0.25, 0.3) is 0 Å². The second kappa shape index (κ2) is 6.08. The van der Waals surface area contributed by atoms with E-state index in [-0.39, 0.29) is 12.0 Å². The molecule has 1 heterocycles. The highest BCUT2D eigenvalue weighted by Gasteiger charge is 2.26. The number of amides is 1. The van der Waals surface area contributed by atoms with Crippen molar-refractivity contribution in [2.24, 2.45) is 0 Å². The van der Waals surface area contributed by atoms with Crippen LogP contribution in [0.15, 0.2) is 0 Å². The lowest BCUT2D eigenvalue weighted by Gasteiger charge is -2.15. The van der Waals surface area contributed by atoms with Gasteiger partial charge in [0.1, 0.15) is 0 Å². The highest BCUT2D eigenvalue weighted by Crippen LogP contribution is 2.11. The lowest BCUT2D eigenvalue weighted by atomic mass is 10.3. The van der Waals surface area contributed by atoms with E-state index in [2.05, 4.69) is 0 Å². The normalized spacial score (nSPS) is 21.7. The van der Waals surface area contributed by atoms with E-state index in [9.17, 15) is 9.90 Å². The monoisotopic (exact) mass is 215 g/mol. The number of unbranched alkanes of at least 4 members (excludes halogenated alkanes) is 1. The van der Waals surface area contributed by atoms with Gasteiger partial charge >= 0.3 is 0 Å². The molecule has 0 aromatic heterocycles. The Morgan fingerprint density at radius 1 is 1.53 bits per heavy atom. The molecule has 1 unspecified atom stereocenters. The maximum Gasteiger partial charge on any atom is 0.225 e. The van der Waals surface area contributed by atoms with Crippen molar-refractivity contribution in [3.8, 4) is 0 Å². The van der Waals surface area contributed by atoms with Crippen molar-refractivity contribution >= 4 is 5.91 Å². The Labute approximate surface area is 91.2 Å². The maximum atomic E-state index is 11.3. The molecule has 88 valence electrons. The molecule has 1 fully saturated rings. The Morgan fingerprint density at radius 2 is 2.27 bits per heavy atom. The van der Waals surface area contributed by atoms with Crippen LogP contribution in [0.25, 0.3) is 0 Å². The van der Waals surface area contributed by atoms with E-state index in [4.69, 9.17) is 4.74 Å². The lowest BCUT2D eigenvalue weighted by molar-refractivity contribution is -0.127. The van der Waals surface area contributed by atoms with Crippen LogP contribution in [0.1, 0.15) is 33.1 Å². The Bertz CT molecular complexity index is 206. The van der Waals surface area contributed by atoms with Gasteiger partial charge in [-0.3, -0.25) is 4.79 Å². The second-order valence-electron chi connectivity index (χ2n) is 4.32. The molecule has 0 aromatic carbocycles. The standard InChI is InChI=1S/C11H21NO3/c1-9(2)15-6-4-3-5-12-8-10(13)7-11(12)14/h9-10,13H,3-8H2,1-2H3. The third-order valence-corrected chi connectivity index (χ3v) is 2.47. The Hall–Kier alpha value is -0.610. The van der Waals surface area contributed by atoms with E-state index in [1.54, 1.807) is 4.90 Å². The molecule has 0 saturated carbocycles. The molecule has 4 heteroatoms. The summed E-state index contributed by atoms with van der Waals surface area (Å²) < 4.78 is 5.40. The second-order valence-corrected chi connectivity index (χ2v) is 4.32. The van der Waals surface area contributed by atoms with Crippen molar-refractivity contribution in [3.05, 3.63) is 0 Å². The van der Waals surface area contributed by atoms with Crippen LogP contribution >= 0.6 is 0 Å². The summed E-state index contributed by atoms with van der Waals surface area (Å²) in [6, 6.07) is 0. The van der Waals surface area contributed by atoms with Crippen LogP contribution in [0.2, 0.25) is 0 Å². The number of carbonyl (C=O) groups is 1. The predicted molar refractivity (Wildman–Crippen MR) is 57.5 cm³/mol. The molecule has 0 spiro atoms. The number of nitrogens with zero attached hydrogens (tertiary/aromatic N) is 1. The van der Waals surface area contributed by atoms with Crippen LogP contribution in [0.5, 0.6) is 0 Å². The minimum absolute atomic E-state index is 0.0762. The van der Waals surface area contributed by atoms with E-state index in [0.29, 0.717) is 13.0 Å². The zero-order valence-electron chi connectivity index (χ0n) is 9.61. The van der Waals surface area contributed by atoms with Crippen LogP contribution in [-0.2, 0) is 9.53 Å². The fourth-order valence-electron chi connectivity index (χ4n) is 1.69. The van der Waals surface area contributed by atoms with E-state index in [0.717, 1.165) is 26.0 Å². The molecule has 4 nitrogen and oxygen atoms in total. The Kier molecular flexibility index (Phi) is 5.05. The molecule has 1 N–H and O–H groups in total. The van der Waals surface area contributed by atoms with Crippen molar-refractivity contribution in [2.45, 2.75) is 45.3 Å². The highest BCUT2D eigenvalue weighted by molar-refractivity contribution is 5.78. The molecule has 0 aromatic rings. The maximum absolute atomic E-state index is 11.3. The topological polar surface area (TPSA) is 49.8 Å². The average Bonchev–Trinajstić information content (AvgIpc) is 2.44. The van der Waals surface area contributed by atoms with Crippen molar-refractivity contribution in [1.29, 1.82) is 0 Å². The zero-order chi connectivity index (χ0) is 11.3. The molecular weight excluding hydrogens is 194 g/mol. The van der Waals surface area contributed by atoms with Crippen LogP contribution in [-0.4, -0.2) is 47.8 Å². The molecule has 1 atom stereocenters. The summed E-state index contributed by atoms with van der Waals surface area (Å²) in [5, 5.41) is 9.26. The van der Waals surface area contributed by atoms with E-state index >= 15 is 0 Å². The van der Waals surface area contributed by atoms with Gasteiger partial charge in [0, 0.05) is 19.7 Å². The van der Waals surface area contributed by atoms with Crippen molar-refractivity contribution < 1.29 is 14.6 Å². The number of ether oxygens (including phenoxy) is 1. The summed E-state index contributed by atoms with van der Waals surface area (Å²) >= 11 is 0. The Morgan fingerprint density at radius 3 is 2.80 bits per heavy atom. The van der Waals surface area contributed by atoms with Crippen molar-refractivity contribution in [3.63, 3.8) is 0 Å². The number of hydrogen-bond acceptors (Lipinski definition) is 3. The lowest BCUT2D eigenvalue weighted by Crippen LogP contribution is -2.27. The largest absolute Gasteiger partial charge is 0.391 e. The summed E-state index contributed by atoms with van der Waals surface area (Å²) in [6.45, 7) is 6.03. The first-order chi connectivity index (χ1) is 7.09. The SMILES string of the molecule is CC(C)OCCCCN1CC(O)CC1=O.